The summed E-state index contributed by atoms with van der Waals surface area (Å²) in [6.07, 6.45) is 3.77. The van der Waals surface area contributed by atoms with Crippen LogP contribution in [0, 0.1) is 5.92 Å². The quantitative estimate of drug-likeness (QED) is 0.745. The van der Waals surface area contributed by atoms with Crippen LogP contribution in [-0.2, 0) is 9.59 Å². The van der Waals surface area contributed by atoms with Crippen LogP contribution >= 0.6 is 0 Å². The number of fused-ring (bicyclic) bond motifs is 3. The van der Waals surface area contributed by atoms with Crippen LogP contribution in [0.1, 0.15) is 56.3 Å². The third-order valence-corrected chi connectivity index (χ3v) is 6.72. The lowest BCUT2D eigenvalue weighted by Crippen LogP contribution is -2.62. The molecule has 3 aliphatic heterocycles. The summed E-state index contributed by atoms with van der Waals surface area (Å²) in [5.74, 6) is 0.280. The highest BCUT2D eigenvalue weighted by atomic mass is 16.2. The Morgan fingerprint density at radius 1 is 1.20 bits per heavy atom. The van der Waals surface area contributed by atoms with Crippen molar-refractivity contribution >= 4 is 23.4 Å². The average molecular weight is 413 g/mol. The number of carbonyl (C=O) groups excluding carboxylic acids is 3. The minimum Gasteiger partial charge on any atom is -0.356 e. The zero-order chi connectivity index (χ0) is 21.3. The Morgan fingerprint density at radius 3 is 2.70 bits per heavy atom. The van der Waals surface area contributed by atoms with Gasteiger partial charge in [0, 0.05) is 32.5 Å². The number of nitrogens with zero attached hydrogens (tertiary/aromatic N) is 3. The van der Waals surface area contributed by atoms with Crippen molar-refractivity contribution in [2.75, 3.05) is 37.6 Å². The predicted octanol–water partition coefficient (Wildman–Crippen LogP) is 2.22. The number of rotatable bonds is 7. The van der Waals surface area contributed by atoms with Gasteiger partial charge in [0.05, 0.1) is 11.3 Å². The van der Waals surface area contributed by atoms with Crippen LogP contribution in [0.4, 0.5) is 5.69 Å². The molecule has 162 valence electrons. The summed E-state index contributed by atoms with van der Waals surface area (Å²) in [4.78, 5) is 44.2. The lowest BCUT2D eigenvalue weighted by molar-refractivity contribution is -0.121. The third kappa shape index (κ3) is 3.83. The summed E-state index contributed by atoms with van der Waals surface area (Å²) in [6.45, 7) is 8.37. The molecular weight excluding hydrogens is 380 g/mol. The van der Waals surface area contributed by atoms with Crippen molar-refractivity contribution < 1.29 is 14.4 Å². The molecule has 1 aromatic carbocycles. The molecule has 0 bridgehead atoms. The summed E-state index contributed by atoms with van der Waals surface area (Å²) >= 11 is 0. The molecule has 0 radical (unpaired) electrons. The summed E-state index contributed by atoms with van der Waals surface area (Å²) < 4.78 is 0. The second-order valence-corrected chi connectivity index (χ2v) is 9.09. The van der Waals surface area contributed by atoms with Crippen molar-refractivity contribution in [3.63, 3.8) is 0 Å². The monoisotopic (exact) mass is 412 g/mol. The zero-order valence-electron chi connectivity index (χ0n) is 18.0. The first kappa shape index (κ1) is 20.8. The lowest BCUT2D eigenvalue weighted by Gasteiger charge is -2.48. The number of benzene rings is 1. The molecule has 7 heteroatoms. The van der Waals surface area contributed by atoms with E-state index >= 15 is 0 Å². The highest BCUT2D eigenvalue weighted by Gasteiger charge is 2.52. The van der Waals surface area contributed by atoms with E-state index in [9.17, 15) is 14.4 Å². The highest BCUT2D eigenvalue weighted by molar-refractivity contribution is 6.10. The summed E-state index contributed by atoms with van der Waals surface area (Å²) in [5, 5.41) is 3.03. The molecule has 0 aliphatic carbocycles. The van der Waals surface area contributed by atoms with E-state index in [-0.39, 0.29) is 24.1 Å². The van der Waals surface area contributed by atoms with E-state index in [0.717, 1.165) is 19.6 Å². The van der Waals surface area contributed by atoms with Gasteiger partial charge in [0.2, 0.25) is 11.8 Å². The Bertz CT molecular complexity index is 835. The molecule has 2 unspecified atom stereocenters. The number of hydrogen-bond donors (Lipinski definition) is 1. The molecule has 0 aromatic heterocycles. The zero-order valence-corrected chi connectivity index (χ0v) is 18.0. The Hall–Kier alpha value is -2.41. The van der Waals surface area contributed by atoms with Crippen molar-refractivity contribution in [1.29, 1.82) is 0 Å². The molecule has 2 fully saturated rings. The Labute approximate surface area is 178 Å². The molecule has 1 aromatic rings. The molecule has 3 aliphatic rings. The maximum Gasteiger partial charge on any atom is 0.257 e. The molecule has 4 rings (SSSR count). The fraction of sp³-hybridized carbons (Fsp3) is 0.609. The Morgan fingerprint density at radius 2 is 1.93 bits per heavy atom. The van der Waals surface area contributed by atoms with Gasteiger partial charge in [0.15, 0.2) is 0 Å². The first-order valence-corrected chi connectivity index (χ1v) is 11.1. The van der Waals surface area contributed by atoms with Crippen LogP contribution in [0.5, 0.6) is 0 Å². The van der Waals surface area contributed by atoms with Gasteiger partial charge in [0.1, 0.15) is 5.66 Å². The smallest absolute Gasteiger partial charge is 0.257 e. The minimum absolute atomic E-state index is 0.0302. The molecule has 0 saturated carbocycles. The normalized spacial score (nSPS) is 24.7. The van der Waals surface area contributed by atoms with Crippen LogP contribution in [0.25, 0.3) is 0 Å². The van der Waals surface area contributed by atoms with Crippen LogP contribution in [0.2, 0.25) is 0 Å². The third-order valence-electron chi connectivity index (χ3n) is 6.72. The minimum atomic E-state index is -0.703. The van der Waals surface area contributed by atoms with Crippen molar-refractivity contribution in [2.24, 2.45) is 5.92 Å². The fourth-order valence-corrected chi connectivity index (χ4v) is 5.10. The largest absolute Gasteiger partial charge is 0.356 e. The Kier molecular flexibility index (Phi) is 5.82. The molecule has 3 amide bonds. The van der Waals surface area contributed by atoms with E-state index in [1.54, 1.807) is 15.9 Å². The number of carbonyl (C=O) groups is 3. The van der Waals surface area contributed by atoms with Crippen LogP contribution in [0.3, 0.4) is 0 Å². The summed E-state index contributed by atoms with van der Waals surface area (Å²) in [6, 6.07) is 7.26. The standard InChI is InChI=1S/C23H32N4O3/c1-17(16-25-12-5-6-13-25)15-24-20(28)10-14-26-22(30)18-7-3-4-8-19(18)27-21(29)9-11-23(26,27)2/h3-4,7-8,17H,5-6,9-16H2,1-2H3,(H,24,28). The van der Waals surface area contributed by atoms with Gasteiger partial charge in [-0.3, -0.25) is 19.3 Å². The molecule has 2 atom stereocenters. The highest BCUT2D eigenvalue weighted by Crippen LogP contribution is 2.43. The van der Waals surface area contributed by atoms with Gasteiger partial charge < -0.3 is 15.1 Å². The van der Waals surface area contributed by atoms with Crippen LogP contribution in [-0.4, -0.2) is 65.9 Å². The van der Waals surface area contributed by atoms with Crippen molar-refractivity contribution in [1.82, 2.24) is 15.1 Å². The second-order valence-electron chi connectivity index (χ2n) is 9.09. The molecule has 30 heavy (non-hydrogen) atoms. The number of para-hydroxylation sites is 1. The number of likely N-dealkylation sites (tertiary alicyclic amines) is 1. The van der Waals surface area contributed by atoms with Crippen molar-refractivity contribution in [3.8, 4) is 0 Å². The van der Waals surface area contributed by atoms with Crippen LogP contribution in [0.15, 0.2) is 24.3 Å². The number of hydrogen-bond acceptors (Lipinski definition) is 4. The van der Waals surface area contributed by atoms with E-state index in [1.807, 2.05) is 25.1 Å². The average Bonchev–Trinajstić information content (AvgIpc) is 3.34. The van der Waals surface area contributed by atoms with E-state index in [1.165, 1.54) is 12.8 Å². The van der Waals surface area contributed by atoms with E-state index in [0.29, 0.717) is 43.1 Å². The molecule has 1 N–H and O–H groups in total. The fourth-order valence-electron chi connectivity index (χ4n) is 5.10. The van der Waals surface area contributed by atoms with E-state index in [2.05, 4.69) is 17.1 Å². The SMILES string of the molecule is CC(CNC(=O)CCN1C(=O)c2ccccc2N2C(=O)CCC12C)CN1CCCC1. The second kappa shape index (κ2) is 8.38. The number of amides is 3. The molecule has 7 nitrogen and oxygen atoms in total. The van der Waals surface area contributed by atoms with Gasteiger partial charge >= 0.3 is 0 Å². The molecule has 2 saturated heterocycles. The van der Waals surface area contributed by atoms with Crippen molar-refractivity contribution in [3.05, 3.63) is 29.8 Å². The van der Waals surface area contributed by atoms with Gasteiger partial charge in [-0.25, -0.2) is 0 Å². The van der Waals surface area contributed by atoms with Crippen LogP contribution < -0.4 is 10.2 Å². The van der Waals surface area contributed by atoms with Gasteiger partial charge in [-0.2, -0.15) is 0 Å². The lowest BCUT2D eigenvalue weighted by atomic mass is 9.98. The summed E-state index contributed by atoms with van der Waals surface area (Å²) in [5.41, 5.74) is 0.514. The molecular formula is C23H32N4O3. The van der Waals surface area contributed by atoms with Gasteiger partial charge in [-0.1, -0.05) is 19.1 Å². The first-order valence-electron chi connectivity index (χ1n) is 11.1. The number of nitrogens with one attached hydrogen (secondary N) is 1. The molecule has 3 heterocycles. The Balaban J connectivity index is 1.37. The van der Waals surface area contributed by atoms with Crippen molar-refractivity contribution in [2.45, 2.75) is 51.6 Å². The number of anilines is 1. The van der Waals surface area contributed by atoms with E-state index < -0.39 is 5.66 Å². The van der Waals surface area contributed by atoms with Gasteiger partial charge in [-0.05, 0) is 57.3 Å². The maximum absolute atomic E-state index is 13.2. The predicted molar refractivity (Wildman–Crippen MR) is 115 cm³/mol. The topological polar surface area (TPSA) is 73.0 Å². The van der Waals surface area contributed by atoms with Gasteiger partial charge in [-0.15, -0.1) is 0 Å². The van der Waals surface area contributed by atoms with Gasteiger partial charge in [0.25, 0.3) is 5.91 Å². The maximum atomic E-state index is 13.2. The molecule has 0 spiro atoms. The van der Waals surface area contributed by atoms with E-state index in [4.69, 9.17) is 0 Å². The summed E-state index contributed by atoms with van der Waals surface area (Å²) in [7, 11) is 0. The first-order chi connectivity index (χ1) is 14.4.